The smallest absolute Gasteiger partial charge is 0.219 e. The molecule has 1 amide bonds. The molecule has 2 nitrogen and oxygen atoms in total. The van der Waals surface area contributed by atoms with Crippen molar-refractivity contribution in [3.05, 3.63) is 0 Å². The highest BCUT2D eigenvalue weighted by molar-refractivity contribution is 5.75. The summed E-state index contributed by atoms with van der Waals surface area (Å²) in [6, 6.07) is 0. The second-order valence-corrected chi connectivity index (χ2v) is 6.34. The number of amides is 1. The van der Waals surface area contributed by atoms with Crippen LogP contribution in [0.1, 0.15) is 110 Å². The molecule has 0 rings (SSSR count). The Labute approximate surface area is 133 Å². The second-order valence-electron chi connectivity index (χ2n) is 6.34. The SMILES string of the molecule is CCCCCCCCCCCCCC(=O)NCCCCC. The van der Waals surface area contributed by atoms with Crippen molar-refractivity contribution < 1.29 is 4.79 Å². The molecule has 0 bridgehead atoms. The molecule has 0 aliphatic carbocycles. The van der Waals surface area contributed by atoms with Gasteiger partial charge in [-0.25, -0.2) is 0 Å². The van der Waals surface area contributed by atoms with Crippen molar-refractivity contribution in [2.45, 2.75) is 110 Å². The Bertz CT molecular complexity index is 216. The molecule has 0 aromatic rings. The fraction of sp³-hybridized carbons (Fsp3) is 0.947. The van der Waals surface area contributed by atoms with Crippen LogP contribution < -0.4 is 5.32 Å². The molecule has 0 unspecified atom stereocenters. The monoisotopic (exact) mass is 297 g/mol. The zero-order valence-electron chi connectivity index (χ0n) is 14.7. The maximum Gasteiger partial charge on any atom is 0.219 e. The molecule has 0 aromatic carbocycles. The molecule has 0 saturated heterocycles. The van der Waals surface area contributed by atoms with Crippen LogP contribution >= 0.6 is 0 Å². The summed E-state index contributed by atoms with van der Waals surface area (Å²) in [5.74, 6) is 0.252. The molecule has 0 aliphatic heterocycles. The summed E-state index contributed by atoms with van der Waals surface area (Å²) in [7, 11) is 0. The van der Waals surface area contributed by atoms with Gasteiger partial charge in [0.05, 0.1) is 0 Å². The molecule has 1 N–H and O–H groups in total. The maximum atomic E-state index is 11.6. The van der Waals surface area contributed by atoms with Crippen molar-refractivity contribution in [2.24, 2.45) is 0 Å². The quantitative estimate of drug-likeness (QED) is 0.348. The lowest BCUT2D eigenvalue weighted by Crippen LogP contribution is -2.23. The van der Waals surface area contributed by atoms with E-state index in [4.69, 9.17) is 0 Å². The fourth-order valence-electron chi connectivity index (χ4n) is 2.64. The molecular weight excluding hydrogens is 258 g/mol. The lowest BCUT2D eigenvalue weighted by Gasteiger charge is -2.05. The van der Waals surface area contributed by atoms with E-state index in [2.05, 4.69) is 19.2 Å². The molecule has 0 fully saturated rings. The maximum absolute atomic E-state index is 11.6. The standard InChI is InChI=1S/C19H39NO/c1-3-5-7-8-9-10-11-12-13-14-15-17-19(21)20-18-16-6-4-2/h3-18H2,1-2H3,(H,20,21). The lowest BCUT2D eigenvalue weighted by atomic mass is 10.1. The lowest BCUT2D eigenvalue weighted by molar-refractivity contribution is -0.121. The predicted octanol–water partition coefficient (Wildman–Crippen LogP) is 5.99. The number of unbranched alkanes of at least 4 members (excludes halogenated alkanes) is 12. The Morgan fingerprint density at radius 1 is 0.619 bits per heavy atom. The number of carbonyl (C=O) groups is 1. The second kappa shape index (κ2) is 17.5. The Hall–Kier alpha value is -0.530. The third kappa shape index (κ3) is 17.4. The van der Waals surface area contributed by atoms with E-state index in [0.29, 0.717) is 0 Å². The van der Waals surface area contributed by atoms with Crippen LogP contribution in [0.2, 0.25) is 0 Å². The van der Waals surface area contributed by atoms with Gasteiger partial charge in [-0.15, -0.1) is 0 Å². The van der Waals surface area contributed by atoms with Gasteiger partial charge < -0.3 is 5.32 Å². The molecule has 0 radical (unpaired) electrons. The summed E-state index contributed by atoms with van der Waals surface area (Å²) in [5, 5.41) is 3.01. The molecule has 0 aliphatic rings. The molecular formula is C19H39NO. The van der Waals surface area contributed by atoms with Gasteiger partial charge in [0, 0.05) is 13.0 Å². The molecule has 2 heteroatoms. The highest BCUT2D eigenvalue weighted by Gasteiger charge is 2.00. The Morgan fingerprint density at radius 3 is 1.57 bits per heavy atom. The molecule has 0 aromatic heterocycles. The van der Waals surface area contributed by atoms with Crippen LogP contribution in [0.3, 0.4) is 0 Å². The largest absolute Gasteiger partial charge is 0.356 e. The van der Waals surface area contributed by atoms with Gasteiger partial charge in [0.1, 0.15) is 0 Å². The van der Waals surface area contributed by atoms with E-state index in [1.54, 1.807) is 0 Å². The minimum atomic E-state index is 0.252. The van der Waals surface area contributed by atoms with E-state index in [1.165, 1.54) is 77.0 Å². The van der Waals surface area contributed by atoms with Gasteiger partial charge in [-0.2, -0.15) is 0 Å². The van der Waals surface area contributed by atoms with Crippen molar-refractivity contribution in [3.8, 4) is 0 Å². The summed E-state index contributed by atoms with van der Waals surface area (Å²) < 4.78 is 0. The van der Waals surface area contributed by atoms with Gasteiger partial charge in [0.25, 0.3) is 0 Å². The average molecular weight is 298 g/mol. The van der Waals surface area contributed by atoms with Crippen LogP contribution in [-0.2, 0) is 4.79 Å². The van der Waals surface area contributed by atoms with Gasteiger partial charge >= 0.3 is 0 Å². The highest BCUT2D eigenvalue weighted by Crippen LogP contribution is 2.11. The summed E-state index contributed by atoms with van der Waals surface area (Å²) in [6.07, 6.45) is 19.0. The van der Waals surface area contributed by atoms with Crippen molar-refractivity contribution >= 4 is 5.91 Å². The van der Waals surface area contributed by atoms with Crippen LogP contribution in [-0.4, -0.2) is 12.5 Å². The highest BCUT2D eigenvalue weighted by atomic mass is 16.1. The van der Waals surface area contributed by atoms with Gasteiger partial charge in [-0.1, -0.05) is 90.9 Å². The van der Waals surface area contributed by atoms with Crippen LogP contribution in [0.15, 0.2) is 0 Å². The zero-order valence-corrected chi connectivity index (χ0v) is 14.7. The first-order chi connectivity index (χ1) is 10.3. The predicted molar refractivity (Wildman–Crippen MR) is 93.6 cm³/mol. The van der Waals surface area contributed by atoms with E-state index < -0.39 is 0 Å². The molecule has 126 valence electrons. The van der Waals surface area contributed by atoms with Crippen molar-refractivity contribution in [1.29, 1.82) is 0 Å². The molecule has 0 saturated carbocycles. The number of nitrogens with one attached hydrogen (secondary N) is 1. The normalized spacial score (nSPS) is 10.8. The number of rotatable bonds is 16. The Morgan fingerprint density at radius 2 is 1.05 bits per heavy atom. The van der Waals surface area contributed by atoms with Crippen LogP contribution in [0.25, 0.3) is 0 Å². The van der Waals surface area contributed by atoms with Gasteiger partial charge in [0.15, 0.2) is 0 Å². The van der Waals surface area contributed by atoms with E-state index in [-0.39, 0.29) is 5.91 Å². The topological polar surface area (TPSA) is 29.1 Å². The van der Waals surface area contributed by atoms with E-state index in [1.807, 2.05) is 0 Å². The first-order valence-corrected chi connectivity index (χ1v) is 9.58. The van der Waals surface area contributed by atoms with Crippen molar-refractivity contribution in [3.63, 3.8) is 0 Å². The fourth-order valence-corrected chi connectivity index (χ4v) is 2.64. The third-order valence-corrected chi connectivity index (χ3v) is 4.11. The van der Waals surface area contributed by atoms with Crippen LogP contribution in [0.4, 0.5) is 0 Å². The average Bonchev–Trinajstić information content (AvgIpc) is 2.49. The van der Waals surface area contributed by atoms with Gasteiger partial charge in [-0.3, -0.25) is 4.79 Å². The van der Waals surface area contributed by atoms with E-state index >= 15 is 0 Å². The van der Waals surface area contributed by atoms with Crippen LogP contribution in [0.5, 0.6) is 0 Å². The van der Waals surface area contributed by atoms with Crippen molar-refractivity contribution in [2.75, 3.05) is 6.54 Å². The van der Waals surface area contributed by atoms with Gasteiger partial charge in [-0.05, 0) is 12.8 Å². The number of hydrogen-bond acceptors (Lipinski definition) is 1. The first-order valence-electron chi connectivity index (χ1n) is 9.58. The van der Waals surface area contributed by atoms with E-state index in [0.717, 1.165) is 25.8 Å². The number of hydrogen-bond donors (Lipinski definition) is 1. The first kappa shape index (κ1) is 20.5. The minimum Gasteiger partial charge on any atom is -0.356 e. The van der Waals surface area contributed by atoms with Gasteiger partial charge in [0.2, 0.25) is 5.91 Å². The summed E-state index contributed by atoms with van der Waals surface area (Å²) in [4.78, 5) is 11.6. The molecule has 0 atom stereocenters. The zero-order chi connectivity index (χ0) is 15.6. The third-order valence-electron chi connectivity index (χ3n) is 4.11. The molecule has 21 heavy (non-hydrogen) atoms. The summed E-state index contributed by atoms with van der Waals surface area (Å²) >= 11 is 0. The van der Waals surface area contributed by atoms with E-state index in [9.17, 15) is 4.79 Å². The Balaban J connectivity index is 3.09. The number of carbonyl (C=O) groups excluding carboxylic acids is 1. The summed E-state index contributed by atoms with van der Waals surface area (Å²) in [5.41, 5.74) is 0. The Kier molecular flexibility index (Phi) is 17.1. The molecule has 0 heterocycles. The van der Waals surface area contributed by atoms with Crippen LogP contribution in [0, 0.1) is 0 Å². The summed E-state index contributed by atoms with van der Waals surface area (Å²) in [6.45, 7) is 5.32. The minimum absolute atomic E-state index is 0.252. The molecule has 0 spiro atoms. The van der Waals surface area contributed by atoms with Crippen molar-refractivity contribution in [1.82, 2.24) is 5.32 Å².